The maximum atomic E-state index is 11.4. The van der Waals surface area contributed by atoms with Gasteiger partial charge >= 0.3 is 5.97 Å². The third-order valence-corrected chi connectivity index (χ3v) is 3.81. The molecule has 0 amide bonds. The number of nitrogens with zero attached hydrogens (tertiary/aromatic N) is 1. The van der Waals surface area contributed by atoms with Crippen molar-refractivity contribution in [2.24, 2.45) is 5.92 Å². The first-order chi connectivity index (χ1) is 8.39. The van der Waals surface area contributed by atoms with E-state index in [0.717, 1.165) is 12.1 Å². The maximum Gasteiger partial charge on any atom is 0.308 e. The molecule has 0 aromatic heterocycles. The molecule has 3 nitrogen and oxygen atoms in total. The van der Waals surface area contributed by atoms with E-state index in [4.69, 9.17) is 0 Å². The predicted molar refractivity (Wildman–Crippen MR) is 71.6 cm³/mol. The smallest absolute Gasteiger partial charge is 0.308 e. The van der Waals surface area contributed by atoms with Crippen LogP contribution in [-0.2, 0) is 4.79 Å². The quantitative estimate of drug-likeness (QED) is 0.873. The number of likely N-dealkylation sites (tertiary alicyclic amines) is 1. The molecule has 0 bridgehead atoms. The van der Waals surface area contributed by atoms with Crippen molar-refractivity contribution in [2.45, 2.75) is 32.2 Å². The normalized spacial score (nSPS) is 25.3. The zero-order chi connectivity index (χ0) is 13.3. The van der Waals surface area contributed by atoms with Gasteiger partial charge in [-0.05, 0) is 26.3 Å². The standard InChI is InChI=1S/C15H21NO2/c1-15(2,3)16-9-12(13(10-16)14(17)18)11-7-5-4-6-8-11/h4-8,12-13H,9-10H2,1-3H3,(H,17,18). The lowest BCUT2D eigenvalue weighted by Gasteiger charge is -2.31. The summed E-state index contributed by atoms with van der Waals surface area (Å²) in [5.74, 6) is -0.884. The Morgan fingerprint density at radius 1 is 1.22 bits per heavy atom. The number of carboxylic acids is 1. The highest BCUT2D eigenvalue weighted by atomic mass is 16.4. The Balaban J connectivity index is 2.26. The first-order valence-corrected chi connectivity index (χ1v) is 6.42. The van der Waals surface area contributed by atoms with Crippen LogP contribution in [0.5, 0.6) is 0 Å². The highest BCUT2D eigenvalue weighted by molar-refractivity contribution is 5.72. The zero-order valence-electron chi connectivity index (χ0n) is 11.3. The van der Waals surface area contributed by atoms with Crippen molar-refractivity contribution < 1.29 is 9.90 Å². The molecule has 1 fully saturated rings. The van der Waals surface area contributed by atoms with E-state index in [1.54, 1.807) is 0 Å². The molecule has 2 unspecified atom stereocenters. The number of hydrogen-bond donors (Lipinski definition) is 1. The lowest BCUT2D eigenvalue weighted by Crippen LogP contribution is -2.40. The van der Waals surface area contributed by atoms with Gasteiger partial charge in [0.2, 0.25) is 0 Å². The van der Waals surface area contributed by atoms with Crippen LogP contribution in [0.4, 0.5) is 0 Å². The minimum Gasteiger partial charge on any atom is -0.481 e. The fraction of sp³-hybridized carbons (Fsp3) is 0.533. The van der Waals surface area contributed by atoms with Crippen LogP contribution in [0.2, 0.25) is 0 Å². The van der Waals surface area contributed by atoms with Gasteiger partial charge in [-0.3, -0.25) is 9.69 Å². The van der Waals surface area contributed by atoms with E-state index in [-0.39, 0.29) is 17.4 Å². The van der Waals surface area contributed by atoms with Crippen LogP contribution in [0, 0.1) is 5.92 Å². The number of carbonyl (C=O) groups is 1. The third-order valence-electron chi connectivity index (χ3n) is 3.81. The summed E-state index contributed by atoms with van der Waals surface area (Å²) in [6, 6.07) is 10.00. The number of carboxylic acid groups (broad SMARTS) is 1. The lowest BCUT2D eigenvalue weighted by atomic mass is 9.89. The molecule has 2 atom stereocenters. The largest absolute Gasteiger partial charge is 0.481 e. The topological polar surface area (TPSA) is 40.5 Å². The minimum atomic E-state index is -0.685. The minimum absolute atomic E-state index is 0.0250. The van der Waals surface area contributed by atoms with Gasteiger partial charge < -0.3 is 5.11 Å². The second-order valence-electron chi connectivity index (χ2n) is 6.04. The molecule has 98 valence electrons. The Kier molecular flexibility index (Phi) is 3.44. The molecule has 0 radical (unpaired) electrons. The van der Waals surface area contributed by atoms with E-state index in [0.29, 0.717) is 6.54 Å². The summed E-state index contributed by atoms with van der Waals surface area (Å²) in [4.78, 5) is 13.7. The summed E-state index contributed by atoms with van der Waals surface area (Å²) >= 11 is 0. The van der Waals surface area contributed by atoms with Gasteiger partial charge in [0.1, 0.15) is 0 Å². The Hall–Kier alpha value is -1.35. The van der Waals surface area contributed by atoms with Crippen molar-refractivity contribution in [3.05, 3.63) is 35.9 Å². The predicted octanol–water partition coefficient (Wildman–Crippen LogP) is 2.59. The van der Waals surface area contributed by atoms with Crippen LogP contribution >= 0.6 is 0 Å². The molecule has 1 aliphatic rings. The molecular weight excluding hydrogens is 226 g/mol. The highest BCUT2D eigenvalue weighted by Crippen LogP contribution is 2.36. The van der Waals surface area contributed by atoms with Gasteiger partial charge in [-0.25, -0.2) is 0 Å². The van der Waals surface area contributed by atoms with Gasteiger partial charge in [0, 0.05) is 24.5 Å². The van der Waals surface area contributed by atoms with Crippen molar-refractivity contribution in [2.75, 3.05) is 13.1 Å². The fourth-order valence-corrected chi connectivity index (χ4v) is 2.64. The Bertz CT molecular complexity index is 422. The summed E-state index contributed by atoms with van der Waals surface area (Å²) in [7, 11) is 0. The second-order valence-corrected chi connectivity index (χ2v) is 6.04. The second kappa shape index (κ2) is 4.73. The average Bonchev–Trinajstić information content (AvgIpc) is 2.74. The SMILES string of the molecule is CC(C)(C)N1CC(C(=O)O)C(c2ccccc2)C1. The van der Waals surface area contributed by atoms with Crippen molar-refractivity contribution in [1.29, 1.82) is 0 Å². The van der Waals surface area contributed by atoms with Gasteiger partial charge in [0.05, 0.1) is 5.92 Å². The monoisotopic (exact) mass is 247 g/mol. The summed E-state index contributed by atoms with van der Waals surface area (Å²) in [5.41, 5.74) is 1.16. The number of benzene rings is 1. The average molecular weight is 247 g/mol. The zero-order valence-corrected chi connectivity index (χ0v) is 11.3. The number of rotatable bonds is 2. The van der Waals surface area contributed by atoms with E-state index in [9.17, 15) is 9.90 Å². The first kappa shape index (κ1) is 13.1. The summed E-state index contributed by atoms with van der Waals surface area (Å²) < 4.78 is 0. The molecule has 1 heterocycles. The van der Waals surface area contributed by atoms with E-state index in [1.807, 2.05) is 30.3 Å². The van der Waals surface area contributed by atoms with E-state index >= 15 is 0 Å². The molecule has 2 rings (SSSR count). The summed E-state index contributed by atoms with van der Waals surface area (Å²) in [5, 5.41) is 9.40. The number of hydrogen-bond acceptors (Lipinski definition) is 2. The van der Waals surface area contributed by atoms with Crippen molar-refractivity contribution in [3.63, 3.8) is 0 Å². The molecule has 0 saturated carbocycles. The van der Waals surface area contributed by atoms with Gasteiger partial charge in [-0.2, -0.15) is 0 Å². The molecule has 1 saturated heterocycles. The maximum absolute atomic E-state index is 11.4. The fourth-order valence-electron chi connectivity index (χ4n) is 2.64. The molecule has 1 N–H and O–H groups in total. The van der Waals surface area contributed by atoms with Crippen molar-refractivity contribution in [3.8, 4) is 0 Å². The van der Waals surface area contributed by atoms with Crippen molar-refractivity contribution >= 4 is 5.97 Å². The lowest BCUT2D eigenvalue weighted by molar-refractivity contribution is -0.141. The van der Waals surface area contributed by atoms with Crippen LogP contribution in [0.15, 0.2) is 30.3 Å². The number of aliphatic carboxylic acids is 1. The molecule has 1 aromatic rings. The Morgan fingerprint density at radius 2 is 1.83 bits per heavy atom. The van der Waals surface area contributed by atoms with Crippen LogP contribution < -0.4 is 0 Å². The van der Waals surface area contributed by atoms with E-state index in [1.165, 1.54) is 0 Å². The van der Waals surface area contributed by atoms with Crippen LogP contribution in [0.1, 0.15) is 32.3 Å². The molecule has 0 spiro atoms. The summed E-state index contributed by atoms with van der Waals surface area (Å²) in [6.45, 7) is 7.88. The molecule has 3 heteroatoms. The van der Waals surface area contributed by atoms with Gasteiger partial charge in [-0.1, -0.05) is 30.3 Å². The van der Waals surface area contributed by atoms with Crippen LogP contribution in [0.3, 0.4) is 0 Å². The third kappa shape index (κ3) is 2.56. The molecule has 18 heavy (non-hydrogen) atoms. The highest BCUT2D eigenvalue weighted by Gasteiger charge is 2.41. The van der Waals surface area contributed by atoms with Crippen LogP contribution in [0.25, 0.3) is 0 Å². The van der Waals surface area contributed by atoms with E-state index < -0.39 is 5.97 Å². The Labute approximate surface area is 108 Å². The van der Waals surface area contributed by atoms with Gasteiger partial charge in [-0.15, -0.1) is 0 Å². The van der Waals surface area contributed by atoms with Crippen molar-refractivity contribution in [1.82, 2.24) is 4.90 Å². The van der Waals surface area contributed by atoms with Crippen LogP contribution in [-0.4, -0.2) is 34.6 Å². The molecule has 0 aliphatic carbocycles. The van der Waals surface area contributed by atoms with Gasteiger partial charge in [0.15, 0.2) is 0 Å². The summed E-state index contributed by atoms with van der Waals surface area (Å²) in [6.07, 6.45) is 0. The molecular formula is C15H21NO2. The van der Waals surface area contributed by atoms with Gasteiger partial charge in [0.25, 0.3) is 0 Å². The Morgan fingerprint density at radius 3 is 2.33 bits per heavy atom. The van der Waals surface area contributed by atoms with E-state index in [2.05, 4.69) is 25.7 Å². The molecule has 1 aliphatic heterocycles. The molecule has 1 aromatic carbocycles. The first-order valence-electron chi connectivity index (χ1n) is 6.42.